The molecule has 1 heterocycles. The lowest BCUT2D eigenvalue weighted by molar-refractivity contribution is -0.116. The van der Waals surface area contributed by atoms with E-state index in [1.807, 2.05) is 6.92 Å². The minimum absolute atomic E-state index is 0.00565. The highest BCUT2D eigenvalue weighted by atomic mass is 32.1. The summed E-state index contributed by atoms with van der Waals surface area (Å²) in [6.45, 7) is 8.88. The molecule has 0 atom stereocenters. The molecule has 0 spiro atoms. The summed E-state index contributed by atoms with van der Waals surface area (Å²) in [5.74, 6) is 0.00565. The zero-order valence-corrected chi connectivity index (χ0v) is 11.1. The predicted molar refractivity (Wildman–Crippen MR) is 67.9 cm³/mol. The topological polar surface area (TPSA) is 54.0 Å². The fraction of sp³-hybridized carbons (Fsp3) is 0.636. The molecule has 0 saturated carbocycles. The first-order valence-corrected chi connectivity index (χ1v) is 6.16. The molecule has 1 aromatic rings. The molecule has 0 radical (unpaired) electrons. The van der Waals surface area contributed by atoms with E-state index in [2.05, 4.69) is 36.4 Å². The third-order valence-electron chi connectivity index (χ3n) is 1.88. The molecule has 90 valence electrons. The van der Waals surface area contributed by atoms with Crippen molar-refractivity contribution in [1.29, 1.82) is 0 Å². The number of carbonyl (C=O) groups is 1. The first kappa shape index (κ1) is 13.1. The smallest absolute Gasteiger partial charge is 0.227 e. The van der Waals surface area contributed by atoms with Crippen LogP contribution in [0.5, 0.6) is 0 Å². The van der Waals surface area contributed by atoms with Crippen LogP contribution in [0.15, 0.2) is 6.20 Å². The van der Waals surface area contributed by atoms with Gasteiger partial charge < -0.3 is 10.6 Å². The molecular weight excluding hydrogens is 222 g/mol. The number of aryl methyl sites for hydroxylation is 1. The van der Waals surface area contributed by atoms with Crippen molar-refractivity contribution in [1.82, 2.24) is 10.3 Å². The van der Waals surface area contributed by atoms with Gasteiger partial charge in [-0.3, -0.25) is 4.79 Å². The Morgan fingerprint density at radius 3 is 2.69 bits per heavy atom. The number of anilines is 1. The van der Waals surface area contributed by atoms with E-state index >= 15 is 0 Å². The zero-order valence-electron chi connectivity index (χ0n) is 10.3. The van der Waals surface area contributed by atoms with Crippen molar-refractivity contribution < 1.29 is 4.79 Å². The Hall–Kier alpha value is -0.940. The molecule has 1 aromatic heterocycles. The van der Waals surface area contributed by atoms with Gasteiger partial charge in [-0.05, 0) is 27.7 Å². The maximum atomic E-state index is 11.5. The van der Waals surface area contributed by atoms with Crippen molar-refractivity contribution in [2.24, 2.45) is 0 Å². The summed E-state index contributed by atoms with van der Waals surface area (Å²) >= 11 is 1.49. The Balaban J connectivity index is 2.26. The molecular formula is C11H19N3OS. The van der Waals surface area contributed by atoms with Crippen molar-refractivity contribution in [3.05, 3.63) is 11.1 Å². The van der Waals surface area contributed by atoms with Gasteiger partial charge in [0.25, 0.3) is 0 Å². The van der Waals surface area contributed by atoms with E-state index < -0.39 is 0 Å². The van der Waals surface area contributed by atoms with Crippen molar-refractivity contribution >= 4 is 22.4 Å². The molecule has 16 heavy (non-hydrogen) atoms. The summed E-state index contributed by atoms with van der Waals surface area (Å²) in [6.07, 6.45) is 2.23. The molecule has 0 aliphatic carbocycles. The van der Waals surface area contributed by atoms with Crippen LogP contribution in [0.2, 0.25) is 0 Å². The summed E-state index contributed by atoms with van der Waals surface area (Å²) in [4.78, 5) is 16.7. The summed E-state index contributed by atoms with van der Waals surface area (Å²) in [5.41, 5.74) is 0.0536. The van der Waals surface area contributed by atoms with Gasteiger partial charge in [-0.2, -0.15) is 0 Å². The van der Waals surface area contributed by atoms with Gasteiger partial charge in [-0.1, -0.05) is 0 Å². The number of hydrogen-bond acceptors (Lipinski definition) is 4. The summed E-state index contributed by atoms with van der Waals surface area (Å²) < 4.78 is 0. The van der Waals surface area contributed by atoms with E-state index in [0.29, 0.717) is 18.1 Å². The normalized spacial score (nSPS) is 11.5. The van der Waals surface area contributed by atoms with E-state index in [0.717, 1.165) is 4.88 Å². The van der Waals surface area contributed by atoms with Gasteiger partial charge in [0.2, 0.25) is 5.91 Å². The van der Waals surface area contributed by atoms with Crippen LogP contribution in [0.4, 0.5) is 5.13 Å². The molecule has 0 aliphatic heterocycles. The van der Waals surface area contributed by atoms with Gasteiger partial charge in [0, 0.05) is 29.6 Å². The summed E-state index contributed by atoms with van der Waals surface area (Å²) in [7, 11) is 0. The Morgan fingerprint density at radius 1 is 1.50 bits per heavy atom. The Bertz CT molecular complexity index is 354. The maximum absolute atomic E-state index is 11.5. The number of hydrogen-bond donors (Lipinski definition) is 2. The second-order valence-electron chi connectivity index (χ2n) is 4.75. The lowest BCUT2D eigenvalue weighted by Gasteiger charge is -2.19. The second kappa shape index (κ2) is 5.41. The Kier molecular flexibility index (Phi) is 4.44. The SMILES string of the molecule is Cc1cnc(NC(=O)CCNC(C)(C)C)s1. The molecule has 2 N–H and O–H groups in total. The Labute approximate surface area is 100 Å². The number of nitrogens with zero attached hydrogens (tertiary/aromatic N) is 1. The number of aromatic nitrogens is 1. The fourth-order valence-electron chi connectivity index (χ4n) is 1.15. The largest absolute Gasteiger partial charge is 0.312 e. The zero-order chi connectivity index (χ0) is 12.2. The quantitative estimate of drug-likeness (QED) is 0.849. The maximum Gasteiger partial charge on any atom is 0.227 e. The van der Waals surface area contributed by atoms with E-state index in [-0.39, 0.29) is 11.4 Å². The summed E-state index contributed by atoms with van der Waals surface area (Å²) in [5, 5.41) is 6.72. The van der Waals surface area contributed by atoms with E-state index in [9.17, 15) is 4.79 Å². The van der Waals surface area contributed by atoms with Crippen LogP contribution in [-0.2, 0) is 4.79 Å². The highest BCUT2D eigenvalue weighted by molar-refractivity contribution is 7.15. The molecule has 1 rings (SSSR count). The average Bonchev–Trinajstić information content (AvgIpc) is 2.48. The molecule has 0 aromatic carbocycles. The first-order valence-electron chi connectivity index (χ1n) is 5.34. The lowest BCUT2D eigenvalue weighted by Crippen LogP contribution is -2.37. The third kappa shape index (κ3) is 5.23. The molecule has 4 nitrogen and oxygen atoms in total. The van der Waals surface area contributed by atoms with Crippen LogP contribution >= 0.6 is 11.3 Å². The standard InChI is InChI=1S/C11H19N3OS/c1-8-7-12-10(16-8)14-9(15)5-6-13-11(2,3)4/h7,13H,5-6H2,1-4H3,(H,12,14,15). The number of carbonyl (C=O) groups excluding carboxylic acids is 1. The van der Waals surface area contributed by atoms with Crippen LogP contribution in [0.3, 0.4) is 0 Å². The fourth-order valence-corrected chi connectivity index (χ4v) is 1.83. The molecule has 0 aliphatic rings. The number of nitrogens with one attached hydrogen (secondary N) is 2. The van der Waals surface area contributed by atoms with Gasteiger partial charge in [0.1, 0.15) is 0 Å². The van der Waals surface area contributed by atoms with Gasteiger partial charge in [-0.15, -0.1) is 11.3 Å². The predicted octanol–water partition coefficient (Wildman–Crippen LogP) is 2.17. The number of rotatable bonds is 4. The van der Waals surface area contributed by atoms with Crippen LogP contribution in [0.1, 0.15) is 32.1 Å². The van der Waals surface area contributed by atoms with E-state index in [1.165, 1.54) is 11.3 Å². The number of thiazole rings is 1. The van der Waals surface area contributed by atoms with Gasteiger partial charge in [-0.25, -0.2) is 4.98 Å². The molecule has 0 bridgehead atoms. The second-order valence-corrected chi connectivity index (χ2v) is 5.99. The molecule has 5 heteroatoms. The molecule has 1 amide bonds. The third-order valence-corrected chi connectivity index (χ3v) is 2.70. The average molecular weight is 241 g/mol. The van der Waals surface area contributed by atoms with Crippen LogP contribution in [0.25, 0.3) is 0 Å². The molecule has 0 fully saturated rings. The van der Waals surface area contributed by atoms with Crippen molar-refractivity contribution in [2.75, 3.05) is 11.9 Å². The monoisotopic (exact) mass is 241 g/mol. The molecule has 0 saturated heterocycles. The van der Waals surface area contributed by atoms with Crippen molar-refractivity contribution in [3.8, 4) is 0 Å². The highest BCUT2D eigenvalue weighted by Gasteiger charge is 2.10. The van der Waals surface area contributed by atoms with Gasteiger partial charge in [0.05, 0.1) is 0 Å². The lowest BCUT2D eigenvalue weighted by atomic mass is 10.1. The highest BCUT2D eigenvalue weighted by Crippen LogP contribution is 2.16. The minimum atomic E-state index is 0.00565. The first-order chi connectivity index (χ1) is 7.37. The van der Waals surface area contributed by atoms with Gasteiger partial charge in [0.15, 0.2) is 5.13 Å². The molecule has 0 unspecified atom stereocenters. The van der Waals surface area contributed by atoms with Crippen molar-refractivity contribution in [2.45, 2.75) is 39.7 Å². The van der Waals surface area contributed by atoms with Crippen molar-refractivity contribution in [3.63, 3.8) is 0 Å². The van der Waals surface area contributed by atoms with Gasteiger partial charge >= 0.3 is 0 Å². The van der Waals surface area contributed by atoms with E-state index in [1.54, 1.807) is 6.20 Å². The van der Waals surface area contributed by atoms with Crippen LogP contribution < -0.4 is 10.6 Å². The minimum Gasteiger partial charge on any atom is -0.312 e. The summed E-state index contributed by atoms with van der Waals surface area (Å²) in [6, 6.07) is 0. The van der Waals surface area contributed by atoms with Crippen LogP contribution in [0, 0.1) is 6.92 Å². The Morgan fingerprint density at radius 2 is 2.19 bits per heavy atom. The number of amides is 1. The van der Waals surface area contributed by atoms with E-state index in [4.69, 9.17) is 0 Å². The van der Waals surface area contributed by atoms with Crippen LogP contribution in [-0.4, -0.2) is 23.0 Å².